The highest BCUT2D eigenvalue weighted by Gasteiger charge is 2.48. The van der Waals surface area contributed by atoms with E-state index < -0.39 is 30.1 Å². The molecular weight excluding hydrogens is 291 g/mol. The van der Waals surface area contributed by atoms with Crippen LogP contribution in [-0.2, 0) is 14.4 Å². The molecule has 2 unspecified atom stereocenters. The van der Waals surface area contributed by atoms with Crippen LogP contribution in [0, 0.1) is 11.8 Å². The Labute approximate surface area is 130 Å². The summed E-state index contributed by atoms with van der Waals surface area (Å²) in [6, 6.07) is -0.762. The minimum Gasteiger partial charge on any atom is -0.479 e. The van der Waals surface area contributed by atoms with Gasteiger partial charge in [0.05, 0.1) is 6.54 Å². The third-order valence-corrected chi connectivity index (χ3v) is 3.76. The number of halogens is 1. The van der Waals surface area contributed by atoms with Crippen LogP contribution in [0.25, 0.3) is 0 Å². The minimum atomic E-state index is -2.39. The third-order valence-electron chi connectivity index (χ3n) is 3.76. The molecule has 0 aromatic carbocycles. The van der Waals surface area contributed by atoms with Crippen LogP contribution in [0.1, 0.15) is 40.5 Å². The van der Waals surface area contributed by atoms with Crippen LogP contribution in [0.5, 0.6) is 0 Å². The number of nitrogens with zero attached hydrogens (tertiary/aromatic N) is 1. The highest BCUT2D eigenvalue weighted by atomic mass is 19.1. The van der Waals surface area contributed by atoms with Crippen molar-refractivity contribution in [1.82, 2.24) is 10.2 Å². The molecule has 1 rings (SSSR count). The van der Waals surface area contributed by atoms with Gasteiger partial charge in [0.15, 0.2) is 0 Å². The van der Waals surface area contributed by atoms with E-state index in [4.69, 9.17) is 5.11 Å². The largest absolute Gasteiger partial charge is 0.479 e. The Morgan fingerprint density at radius 3 is 2.27 bits per heavy atom. The summed E-state index contributed by atoms with van der Waals surface area (Å²) in [4.78, 5) is 36.4. The van der Waals surface area contributed by atoms with Crippen molar-refractivity contribution in [3.05, 3.63) is 0 Å². The molecule has 0 aliphatic carbocycles. The first-order chi connectivity index (χ1) is 10.1. The van der Waals surface area contributed by atoms with Crippen molar-refractivity contribution in [3.8, 4) is 0 Å². The second-order valence-corrected chi connectivity index (χ2v) is 6.67. The van der Waals surface area contributed by atoms with Crippen molar-refractivity contribution in [2.45, 2.75) is 52.2 Å². The zero-order valence-electron chi connectivity index (χ0n) is 13.6. The van der Waals surface area contributed by atoms with Crippen LogP contribution in [-0.4, -0.2) is 52.6 Å². The van der Waals surface area contributed by atoms with E-state index >= 15 is 0 Å². The maximum absolute atomic E-state index is 14.1. The number of carboxylic acid groups (broad SMARTS) is 1. The molecule has 0 spiro atoms. The summed E-state index contributed by atoms with van der Waals surface area (Å²) in [5.41, 5.74) is -2.39. The van der Waals surface area contributed by atoms with E-state index in [1.54, 1.807) is 13.8 Å². The van der Waals surface area contributed by atoms with Crippen LogP contribution in [0.3, 0.4) is 0 Å². The van der Waals surface area contributed by atoms with Gasteiger partial charge in [0.1, 0.15) is 6.04 Å². The lowest BCUT2D eigenvalue weighted by Gasteiger charge is -2.27. The highest BCUT2D eigenvalue weighted by molar-refractivity contribution is 5.89. The molecule has 2 atom stereocenters. The molecular formula is C15H25FN2O4. The van der Waals surface area contributed by atoms with Gasteiger partial charge in [-0.15, -0.1) is 0 Å². The standard InChI is InChI=1S/C15H25FN2O4/c1-9(2)7-11(19)17-12(10(3)4)13(20)18-6-5-15(16,8-18)14(21)22/h9-10,12H,5-8H2,1-4H3,(H,17,19)(H,21,22). The number of nitrogens with one attached hydrogen (secondary N) is 1. The summed E-state index contributed by atoms with van der Waals surface area (Å²) in [6.07, 6.45) is 0.0809. The van der Waals surface area contributed by atoms with Gasteiger partial charge in [-0.1, -0.05) is 27.7 Å². The molecule has 0 bridgehead atoms. The van der Waals surface area contributed by atoms with Gasteiger partial charge in [0, 0.05) is 19.4 Å². The van der Waals surface area contributed by atoms with E-state index in [0.717, 1.165) is 0 Å². The smallest absolute Gasteiger partial charge is 0.343 e. The molecule has 1 saturated heterocycles. The molecule has 2 amide bonds. The molecule has 126 valence electrons. The van der Waals surface area contributed by atoms with Crippen molar-refractivity contribution in [3.63, 3.8) is 0 Å². The maximum atomic E-state index is 14.1. The summed E-state index contributed by atoms with van der Waals surface area (Å²) in [5, 5.41) is 11.6. The molecule has 0 radical (unpaired) electrons. The number of rotatable bonds is 6. The van der Waals surface area contributed by atoms with E-state index in [-0.39, 0.29) is 30.7 Å². The van der Waals surface area contributed by atoms with Crippen molar-refractivity contribution >= 4 is 17.8 Å². The van der Waals surface area contributed by atoms with Crippen LogP contribution in [0.2, 0.25) is 0 Å². The Morgan fingerprint density at radius 1 is 1.27 bits per heavy atom. The van der Waals surface area contributed by atoms with E-state index in [0.29, 0.717) is 6.42 Å². The minimum absolute atomic E-state index is 0.0465. The first-order valence-corrected chi connectivity index (χ1v) is 7.57. The average molecular weight is 316 g/mol. The fraction of sp³-hybridized carbons (Fsp3) is 0.800. The van der Waals surface area contributed by atoms with Crippen LogP contribution in [0.15, 0.2) is 0 Å². The quantitative estimate of drug-likeness (QED) is 0.771. The summed E-state index contributed by atoms with van der Waals surface area (Å²) in [5.74, 6) is -2.20. The molecule has 6 nitrogen and oxygen atoms in total. The number of hydrogen-bond donors (Lipinski definition) is 2. The van der Waals surface area contributed by atoms with Gasteiger partial charge < -0.3 is 15.3 Å². The van der Waals surface area contributed by atoms with E-state index in [1.807, 2.05) is 13.8 Å². The zero-order valence-corrected chi connectivity index (χ0v) is 13.6. The van der Waals surface area contributed by atoms with Crippen LogP contribution in [0.4, 0.5) is 4.39 Å². The van der Waals surface area contributed by atoms with E-state index in [1.165, 1.54) is 4.90 Å². The zero-order chi connectivity index (χ0) is 17.1. The van der Waals surface area contributed by atoms with Crippen molar-refractivity contribution < 1.29 is 23.9 Å². The first kappa shape index (κ1) is 18.4. The number of carboxylic acids is 1. The van der Waals surface area contributed by atoms with Gasteiger partial charge in [0.25, 0.3) is 0 Å². The fourth-order valence-electron chi connectivity index (χ4n) is 2.45. The number of likely N-dealkylation sites (tertiary alicyclic amines) is 1. The summed E-state index contributed by atoms with van der Waals surface area (Å²) >= 11 is 0. The molecule has 1 aliphatic rings. The molecule has 1 aliphatic heterocycles. The molecule has 0 aromatic rings. The van der Waals surface area contributed by atoms with Crippen LogP contribution >= 0.6 is 0 Å². The third kappa shape index (κ3) is 4.42. The molecule has 0 aromatic heterocycles. The SMILES string of the molecule is CC(C)CC(=O)NC(C(=O)N1CCC(F)(C(=O)O)C1)C(C)C. The molecule has 0 saturated carbocycles. The summed E-state index contributed by atoms with van der Waals surface area (Å²) in [6.45, 7) is 6.95. The van der Waals surface area contributed by atoms with Crippen molar-refractivity contribution in [2.24, 2.45) is 11.8 Å². The van der Waals surface area contributed by atoms with E-state index in [2.05, 4.69) is 5.32 Å². The lowest BCUT2D eigenvalue weighted by atomic mass is 10.0. The van der Waals surface area contributed by atoms with Gasteiger partial charge in [-0.3, -0.25) is 9.59 Å². The Morgan fingerprint density at radius 2 is 1.86 bits per heavy atom. The monoisotopic (exact) mass is 316 g/mol. The number of aliphatic carboxylic acids is 1. The predicted molar refractivity (Wildman–Crippen MR) is 78.9 cm³/mol. The fourth-order valence-corrected chi connectivity index (χ4v) is 2.45. The molecule has 1 fully saturated rings. The predicted octanol–water partition coefficient (Wildman–Crippen LogP) is 1.20. The van der Waals surface area contributed by atoms with Gasteiger partial charge in [-0.25, -0.2) is 9.18 Å². The van der Waals surface area contributed by atoms with E-state index in [9.17, 15) is 18.8 Å². The second kappa shape index (κ2) is 7.07. The van der Waals surface area contributed by atoms with Gasteiger partial charge in [-0.05, 0) is 11.8 Å². The van der Waals surface area contributed by atoms with Crippen molar-refractivity contribution in [2.75, 3.05) is 13.1 Å². The second-order valence-electron chi connectivity index (χ2n) is 6.67. The molecule has 2 N–H and O–H groups in total. The molecule has 1 heterocycles. The summed E-state index contributed by atoms with van der Waals surface area (Å²) in [7, 11) is 0. The number of alkyl halides is 1. The van der Waals surface area contributed by atoms with Gasteiger partial charge in [-0.2, -0.15) is 0 Å². The van der Waals surface area contributed by atoms with Crippen molar-refractivity contribution in [1.29, 1.82) is 0 Å². The number of carbonyl (C=O) groups excluding carboxylic acids is 2. The van der Waals surface area contributed by atoms with Gasteiger partial charge >= 0.3 is 5.97 Å². The molecule has 22 heavy (non-hydrogen) atoms. The first-order valence-electron chi connectivity index (χ1n) is 7.57. The maximum Gasteiger partial charge on any atom is 0.343 e. The number of carbonyl (C=O) groups is 3. The Hall–Kier alpha value is -1.66. The highest BCUT2D eigenvalue weighted by Crippen LogP contribution is 2.27. The Balaban J connectivity index is 2.75. The number of hydrogen-bond acceptors (Lipinski definition) is 3. The number of amides is 2. The lowest BCUT2D eigenvalue weighted by Crippen LogP contribution is -2.51. The Kier molecular flexibility index (Phi) is 5.91. The van der Waals surface area contributed by atoms with Crippen LogP contribution < -0.4 is 5.32 Å². The summed E-state index contributed by atoms with van der Waals surface area (Å²) < 4.78 is 14.1. The lowest BCUT2D eigenvalue weighted by molar-refractivity contribution is -0.150. The Bertz CT molecular complexity index is 453. The molecule has 7 heteroatoms. The average Bonchev–Trinajstić information content (AvgIpc) is 2.78. The normalized spacial score (nSPS) is 23.0. The van der Waals surface area contributed by atoms with Gasteiger partial charge in [0.2, 0.25) is 17.5 Å². The topological polar surface area (TPSA) is 86.7 Å².